The molecule has 14 heavy (non-hydrogen) atoms. The van der Waals surface area contributed by atoms with Crippen LogP contribution in [-0.2, 0) is 6.42 Å². The highest BCUT2D eigenvalue weighted by Gasteiger charge is 2.22. The zero-order chi connectivity index (χ0) is 9.97. The highest BCUT2D eigenvalue weighted by molar-refractivity contribution is 7.08. The molecule has 0 amide bonds. The first-order valence-electron chi connectivity index (χ1n) is 4.71. The lowest BCUT2D eigenvalue weighted by Gasteiger charge is -2.02. The third-order valence-corrected chi connectivity index (χ3v) is 2.88. The minimum absolute atomic E-state index is 0.452. The number of aryl methyl sites for hydroxylation is 1. The van der Waals surface area contributed by atoms with Crippen molar-refractivity contribution in [2.24, 2.45) is 10.8 Å². The van der Waals surface area contributed by atoms with E-state index in [9.17, 15) is 0 Å². The summed E-state index contributed by atoms with van der Waals surface area (Å²) in [6.45, 7) is 2.05. The summed E-state index contributed by atoms with van der Waals surface area (Å²) >= 11 is 1.34. The maximum Gasteiger partial charge on any atom is 0.156 e. The Morgan fingerprint density at radius 2 is 2.50 bits per heavy atom. The van der Waals surface area contributed by atoms with Crippen LogP contribution < -0.4 is 11.3 Å². The molecule has 0 saturated heterocycles. The summed E-state index contributed by atoms with van der Waals surface area (Å²) < 4.78 is 3.90. The van der Waals surface area contributed by atoms with Gasteiger partial charge < -0.3 is 5.43 Å². The van der Waals surface area contributed by atoms with E-state index in [0.29, 0.717) is 6.04 Å². The Labute approximate surface area is 86.6 Å². The van der Waals surface area contributed by atoms with Crippen LogP contribution in [-0.4, -0.2) is 21.5 Å². The summed E-state index contributed by atoms with van der Waals surface area (Å²) in [4.78, 5) is 5.44. The molecule has 1 aliphatic carbocycles. The van der Waals surface area contributed by atoms with E-state index in [-0.39, 0.29) is 0 Å². The fourth-order valence-electron chi connectivity index (χ4n) is 1.17. The second-order valence-electron chi connectivity index (χ2n) is 3.26. The van der Waals surface area contributed by atoms with Crippen LogP contribution in [0, 0.1) is 0 Å². The monoisotopic (exact) mass is 211 g/mol. The van der Waals surface area contributed by atoms with Crippen molar-refractivity contribution in [3.8, 4) is 0 Å². The Morgan fingerprint density at radius 3 is 3.07 bits per heavy atom. The van der Waals surface area contributed by atoms with Gasteiger partial charge >= 0.3 is 0 Å². The van der Waals surface area contributed by atoms with E-state index in [1.807, 2.05) is 6.92 Å². The molecule has 0 atom stereocenters. The van der Waals surface area contributed by atoms with E-state index in [4.69, 9.17) is 5.84 Å². The van der Waals surface area contributed by atoms with Crippen LogP contribution in [0.1, 0.15) is 30.3 Å². The molecular formula is C8H13N5S. The SMILES string of the molecule is CCc1nnsc1C(=NC1CC1)NN. The maximum atomic E-state index is 5.43. The standard InChI is InChI=1S/C8H13N5S/c1-2-6-7(14-13-12-6)8(11-9)10-5-3-4-5/h5H,2-4,9H2,1H3,(H,10,11). The number of hydrogen-bond donors (Lipinski definition) is 2. The van der Waals surface area contributed by atoms with Gasteiger partial charge in [-0.25, -0.2) is 5.84 Å². The predicted molar refractivity (Wildman–Crippen MR) is 56.2 cm³/mol. The summed E-state index contributed by atoms with van der Waals surface area (Å²) in [7, 11) is 0. The number of nitrogens with two attached hydrogens (primary N) is 1. The summed E-state index contributed by atoms with van der Waals surface area (Å²) in [6, 6.07) is 0.452. The van der Waals surface area contributed by atoms with Crippen molar-refractivity contribution in [1.82, 2.24) is 15.0 Å². The molecule has 0 bridgehead atoms. The number of hydrogen-bond acceptors (Lipinski definition) is 5. The van der Waals surface area contributed by atoms with Crippen molar-refractivity contribution in [3.63, 3.8) is 0 Å². The number of amidine groups is 1. The topological polar surface area (TPSA) is 76.2 Å². The summed E-state index contributed by atoms with van der Waals surface area (Å²) in [5.41, 5.74) is 3.60. The smallest absolute Gasteiger partial charge is 0.156 e. The van der Waals surface area contributed by atoms with Gasteiger partial charge in [-0.2, -0.15) is 0 Å². The first-order valence-corrected chi connectivity index (χ1v) is 5.48. The predicted octanol–water partition coefficient (Wildman–Crippen LogP) is 0.473. The Kier molecular flexibility index (Phi) is 2.74. The third kappa shape index (κ3) is 1.91. The first-order chi connectivity index (χ1) is 6.85. The molecule has 1 fully saturated rings. The Balaban J connectivity index is 2.25. The minimum atomic E-state index is 0.452. The van der Waals surface area contributed by atoms with Gasteiger partial charge in [0.25, 0.3) is 0 Å². The number of nitrogens with zero attached hydrogens (tertiary/aromatic N) is 3. The van der Waals surface area contributed by atoms with E-state index >= 15 is 0 Å². The van der Waals surface area contributed by atoms with Crippen molar-refractivity contribution < 1.29 is 0 Å². The number of nitrogens with one attached hydrogen (secondary N) is 1. The third-order valence-electron chi connectivity index (χ3n) is 2.10. The van der Waals surface area contributed by atoms with Crippen molar-refractivity contribution in [1.29, 1.82) is 0 Å². The van der Waals surface area contributed by atoms with Crippen molar-refractivity contribution in [2.45, 2.75) is 32.2 Å². The van der Waals surface area contributed by atoms with Gasteiger partial charge in [-0.3, -0.25) is 4.99 Å². The highest BCUT2D eigenvalue weighted by Crippen LogP contribution is 2.24. The molecule has 0 aromatic carbocycles. The molecule has 2 rings (SSSR count). The zero-order valence-electron chi connectivity index (χ0n) is 8.03. The fraction of sp³-hybridized carbons (Fsp3) is 0.625. The highest BCUT2D eigenvalue weighted by atomic mass is 32.1. The molecule has 1 heterocycles. The average Bonchev–Trinajstić information content (AvgIpc) is 2.90. The molecule has 1 aromatic heterocycles. The van der Waals surface area contributed by atoms with Crippen molar-refractivity contribution >= 4 is 17.4 Å². The van der Waals surface area contributed by atoms with Crippen LogP contribution in [0.25, 0.3) is 0 Å². The summed E-state index contributed by atoms with van der Waals surface area (Å²) in [6.07, 6.45) is 3.19. The molecule has 1 saturated carbocycles. The Hall–Kier alpha value is -1.01. The molecule has 1 aromatic rings. The Morgan fingerprint density at radius 1 is 1.71 bits per heavy atom. The zero-order valence-corrected chi connectivity index (χ0v) is 8.84. The van der Waals surface area contributed by atoms with Gasteiger partial charge in [0.05, 0.1) is 11.7 Å². The lowest BCUT2D eigenvalue weighted by Crippen LogP contribution is -2.31. The number of aromatic nitrogens is 2. The largest absolute Gasteiger partial charge is 0.307 e. The van der Waals surface area contributed by atoms with E-state index in [1.54, 1.807) is 0 Å². The average molecular weight is 211 g/mol. The van der Waals surface area contributed by atoms with Gasteiger partial charge in [-0.15, -0.1) is 5.10 Å². The molecule has 5 nitrogen and oxygen atoms in total. The van der Waals surface area contributed by atoms with Gasteiger partial charge in [0.1, 0.15) is 4.88 Å². The molecule has 1 aliphatic rings. The van der Waals surface area contributed by atoms with Crippen LogP contribution in [0.4, 0.5) is 0 Å². The summed E-state index contributed by atoms with van der Waals surface area (Å²) in [5.74, 6) is 6.17. The van der Waals surface area contributed by atoms with Gasteiger partial charge in [-0.1, -0.05) is 11.4 Å². The fourth-order valence-corrected chi connectivity index (χ4v) is 1.88. The van der Waals surface area contributed by atoms with Gasteiger partial charge in [0.15, 0.2) is 5.84 Å². The lowest BCUT2D eigenvalue weighted by molar-refractivity contribution is 0.953. The molecule has 3 N–H and O–H groups in total. The number of aliphatic imine (C=N–C) groups is 1. The second kappa shape index (κ2) is 4.02. The summed E-state index contributed by atoms with van der Waals surface area (Å²) in [5, 5.41) is 4.02. The second-order valence-corrected chi connectivity index (χ2v) is 4.01. The Bertz CT molecular complexity index is 341. The van der Waals surface area contributed by atoms with Crippen LogP contribution >= 0.6 is 11.5 Å². The van der Waals surface area contributed by atoms with Crippen molar-refractivity contribution in [2.75, 3.05) is 0 Å². The van der Waals surface area contributed by atoms with E-state index in [2.05, 4.69) is 20.0 Å². The number of hydrazine groups is 1. The molecule has 0 aliphatic heterocycles. The lowest BCUT2D eigenvalue weighted by atomic mass is 10.3. The molecule has 0 spiro atoms. The normalized spacial score (nSPS) is 17.1. The molecule has 0 unspecified atom stereocenters. The quantitative estimate of drug-likeness (QED) is 0.330. The molecular weight excluding hydrogens is 198 g/mol. The van der Waals surface area contributed by atoms with Gasteiger partial charge in [0.2, 0.25) is 0 Å². The van der Waals surface area contributed by atoms with E-state index in [1.165, 1.54) is 24.4 Å². The first kappa shape index (κ1) is 9.54. The van der Waals surface area contributed by atoms with E-state index < -0.39 is 0 Å². The van der Waals surface area contributed by atoms with Crippen LogP contribution in [0.15, 0.2) is 4.99 Å². The molecule has 76 valence electrons. The maximum absolute atomic E-state index is 5.43. The molecule has 6 heteroatoms. The van der Waals surface area contributed by atoms with Crippen LogP contribution in [0.2, 0.25) is 0 Å². The van der Waals surface area contributed by atoms with Gasteiger partial charge in [-0.05, 0) is 30.8 Å². The van der Waals surface area contributed by atoms with Crippen molar-refractivity contribution in [3.05, 3.63) is 10.6 Å². The van der Waals surface area contributed by atoms with Crippen LogP contribution in [0.3, 0.4) is 0 Å². The minimum Gasteiger partial charge on any atom is -0.307 e. The molecule has 0 radical (unpaired) electrons. The number of rotatable bonds is 3. The van der Waals surface area contributed by atoms with E-state index in [0.717, 1.165) is 22.8 Å². The van der Waals surface area contributed by atoms with Crippen LogP contribution in [0.5, 0.6) is 0 Å². The van der Waals surface area contributed by atoms with Gasteiger partial charge in [0, 0.05) is 0 Å².